The zero-order valence-corrected chi connectivity index (χ0v) is 19.4. The number of fused-ring (bicyclic) bond motifs is 1. The number of aliphatic hydroxyl groups is 1. The first-order valence-electron chi connectivity index (χ1n) is 11.1. The molecule has 1 atom stereocenters. The number of methoxy groups -OCH3 is 1. The summed E-state index contributed by atoms with van der Waals surface area (Å²) in [6, 6.07) is 20.9. The molecule has 36 heavy (non-hydrogen) atoms. The molecule has 0 saturated heterocycles. The van der Waals surface area contributed by atoms with E-state index in [0.717, 1.165) is 5.39 Å². The number of rotatable bonds is 6. The van der Waals surface area contributed by atoms with E-state index in [9.17, 15) is 19.5 Å². The molecule has 2 heterocycles. The predicted molar refractivity (Wildman–Crippen MR) is 131 cm³/mol. The number of amides is 1. The number of aliphatic hydroxyl groups excluding tert-OH is 1. The summed E-state index contributed by atoms with van der Waals surface area (Å²) < 4.78 is 16.2. The minimum atomic E-state index is -0.975. The molecular weight excluding hydrogens is 462 g/mol. The Bertz CT molecular complexity index is 1500. The largest absolute Gasteiger partial charge is 0.503 e. The second-order valence-corrected chi connectivity index (χ2v) is 8.18. The highest BCUT2D eigenvalue weighted by molar-refractivity contribution is 6.20. The van der Waals surface area contributed by atoms with Crippen LogP contribution in [0.4, 0.5) is 5.69 Å². The van der Waals surface area contributed by atoms with Gasteiger partial charge < -0.3 is 19.0 Å². The molecule has 0 fully saturated rings. The zero-order chi connectivity index (χ0) is 25.4. The van der Waals surface area contributed by atoms with Gasteiger partial charge in [0.1, 0.15) is 17.1 Å². The molecule has 1 aromatic heterocycles. The Morgan fingerprint density at radius 3 is 2.39 bits per heavy atom. The van der Waals surface area contributed by atoms with Crippen LogP contribution in [0.3, 0.4) is 0 Å². The van der Waals surface area contributed by atoms with Crippen LogP contribution in [-0.4, -0.2) is 29.9 Å². The molecule has 5 rings (SSSR count). The van der Waals surface area contributed by atoms with E-state index in [1.165, 1.54) is 18.9 Å². The third kappa shape index (κ3) is 3.98. The highest BCUT2D eigenvalue weighted by Crippen LogP contribution is 2.43. The molecule has 1 aliphatic heterocycles. The lowest BCUT2D eigenvalue weighted by molar-refractivity contribution is -0.131. The van der Waals surface area contributed by atoms with Crippen LogP contribution in [0.1, 0.15) is 29.1 Å². The van der Waals surface area contributed by atoms with Crippen molar-refractivity contribution in [3.8, 4) is 11.5 Å². The number of para-hydroxylation sites is 1. The summed E-state index contributed by atoms with van der Waals surface area (Å²) in [4.78, 5) is 39.7. The minimum Gasteiger partial charge on any atom is -0.503 e. The van der Waals surface area contributed by atoms with Gasteiger partial charge in [0.15, 0.2) is 11.5 Å². The summed E-state index contributed by atoms with van der Waals surface area (Å²) in [5.74, 6) is -1.69. The molecule has 4 aromatic rings. The minimum absolute atomic E-state index is 0.000393. The normalized spacial score (nSPS) is 15.4. The number of nitrogens with zero attached hydrogens (tertiary/aromatic N) is 1. The Balaban J connectivity index is 1.63. The zero-order valence-electron chi connectivity index (χ0n) is 19.4. The van der Waals surface area contributed by atoms with E-state index in [0.29, 0.717) is 28.3 Å². The fourth-order valence-corrected chi connectivity index (χ4v) is 4.29. The van der Waals surface area contributed by atoms with Gasteiger partial charge >= 0.3 is 5.97 Å². The Morgan fingerprint density at radius 1 is 0.944 bits per heavy atom. The number of esters is 1. The maximum atomic E-state index is 13.7. The lowest BCUT2D eigenvalue weighted by Crippen LogP contribution is -2.31. The lowest BCUT2D eigenvalue weighted by Gasteiger charge is -2.27. The van der Waals surface area contributed by atoms with E-state index in [1.807, 2.05) is 6.07 Å². The van der Waals surface area contributed by atoms with E-state index < -0.39 is 29.5 Å². The van der Waals surface area contributed by atoms with Crippen LogP contribution >= 0.6 is 0 Å². The number of Topliss-reactive ketones (excluding diaryl/α,β-unsaturated/α-hetero) is 1. The number of ketones is 1. The first-order valence-corrected chi connectivity index (χ1v) is 11.1. The van der Waals surface area contributed by atoms with Gasteiger partial charge in [-0.1, -0.05) is 36.4 Å². The van der Waals surface area contributed by atoms with Gasteiger partial charge in [-0.15, -0.1) is 0 Å². The molecule has 180 valence electrons. The molecular formula is C28H21NO7. The van der Waals surface area contributed by atoms with E-state index in [1.54, 1.807) is 72.8 Å². The summed E-state index contributed by atoms with van der Waals surface area (Å²) >= 11 is 0. The molecule has 0 radical (unpaired) electrons. The van der Waals surface area contributed by atoms with Crippen molar-refractivity contribution in [3.05, 3.63) is 102 Å². The van der Waals surface area contributed by atoms with Crippen molar-refractivity contribution in [2.45, 2.75) is 13.0 Å². The molecule has 1 aliphatic rings. The number of carbonyl (C=O) groups is 3. The summed E-state index contributed by atoms with van der Waals surface area (Å²) in [5, 5.41) is 11.7. The average molecular weight is 483 g/mol. The number of anilines is 1. The Kier molecular flexibility index (Phi) is 5.77. The molecule has 0 aliphatic carbocycles. The number of hydrogen-bond acceptors (Lipinski definition) is 7. The quantitative estimate of drug-likeness (QED) is 0.230. The van der Waals surface area contributed by atoms with Gasteiger partial charge in [0.05, 0.1) is 18.7 Å². The van der Waals surface area contributed by atoms with Gasteiger partial charge in [0.2, 0.25) is 5.78 Å². The molecule has 8 nitrogen and oxygen atoms in total. The maximum absolute atomic E-state index is 13.7. The van der Waals surface area contributed by atoms with Gasteiger partial charge in [0, 0.05) is 24.1 Å². The topological polar surface area (TPSA) is 106 Å². The number of furan rings is 1. The molecule has 1 unspecified atom stereocenters. The second-order valence-electron chi connectivity index (χ2n) is 8.18. The van der Waals surface area contributed by atoms with Crippen molar-refractivity contribution in [3.63, 3.8) is 0 Å². The number of benzene rings is 3. The average Bonchev–Trinajstić information content (AvgIpc) is 3.43. The Labute approximate surface area is 206 Å². The lowest BCUT2D eigenvalue weighted by atomic mass is 9.94. The van der Waals surface area contributed by atoms with Crippen LogP contribution in [0, 0.1) is 0 Å². The second kappa shape index (κ2) is 9.07. The van der Waals surface area contributed by atoms with Crippen LogP contribution < -0.4 is 14.4 Å². The SMILES string of the molecule is COc1cccc(N2C(=O)C(O)=C(C(=O)c3cc4ccccc4o3)C2c2ccc(OC(C)=O)cc2)c1. The molecule has 0 saturated carbocycles. The van der Waals surface area contributed by atoms with Crippen LogP contribution in [0.25, 0.3) is 11.0 Å². The van der Waals surface area contributed by atoms with Crippen molar-refractivity contribution >= 4 is 34.3 Å². The van der Waals surface area contributed by atoms with E-state index in [4.69, 9.17) is 13.9 Å². The number of hydrogen-bond donors (Lipinski definition) is 1. The fourth-order valence-electron chi connectivity index (χ4n) is 4.29. The Hall–Kier alpha value is -4.85. The number of ether oxygens (including phenoxy) is 2. The molecule has 3 aromatic carbocycles. The van der Waals surface area contributed by atoms with Crippen molar-refractivity contribution in [1.82, 2.24) is 0 Å². The van der Waals surface area contributed by atoms with Gasteiger partial charge in [-0.3, -0.25) is 19.3 Å². The van der Waals surface area contributed by atoms with Crippen molar-refractivity contribution in [2.75, 3.05) is 12.0 Å². The van der Waals surface area contributed by atoms with Crippen LogP contribution in [0.15, 0.2) is 94.6 Å². The van der Waals surface area contributed by atoms with E-state index >= 15 is 0 Å². The fraction of sp³-hybridized carbons (Fsp3) is 0.107. The van der Waals surface area contributed by atoms with Gasteiger partial charge in [-0.05, 0) is 42.0 Å². The monoisotopic (exact) mass is 483 g/mol. The van der Waals surface area contributed by atoms with Gasteiger partial charge in [-0.25, -0.2) is 0 Å². The van der Waals surface area contributed by atoms with E-state index in [2.05, 4.69) is 0 Å². The van der Waals surface area contributed by atoms with Crippen LogP contribution in [0.2, 0.25) is 0 Å². The molecule has 1 N–H and O–H groups in total. The van der Waals surface area contributed by atoms with Gasteiger partial charge in [-0.2, -0.15) is 0 Å². The maximum Gasteiger partial charge on any atom is 0.308 e. The number of carbonyl (C=O) groups excluding carboxylic acids is 3. The predicted octanol–water partition coefficient (Wildman–Crippen LogP) is 5.15. The first-order chi connectivity index (χ1) is 17.4. The summed E-state index contributed by atoms with van der Waals surface area (Å²) in [6.07, 6.45) is 0. The van der Waals surface area contributed by atoms with E-state index in [-0.39, 0.29) is 11.3 Å². The molecule has 0 bridgehead atoms. The van der Waals surface area contributed by atoms with Crippen molar-refractivity contribution in [2.24, 2.45) is 0 Å². The third-order valence-corrected chi connectivity index (χ3v) is 5.89. The standard InChI is InChI=1S/C28H21NO7/c1-16(30)35-20-12-10-17(11-13-20)25-24(26(31)23-14-18-6-3-4-9-22(18)36-23)27(32)28(33)29(25)19-7-5-8-21(15-19)34-2/h3-15,25,32H,1-2H3. The third-order valence-electron chi connectivity index (χ3n) is 5.89. The summed E-state index contributed by atoms with van der Waals surface area (Å²) in [6.45, 7) is 1.29. The van der Waals surface area contributed by atoms with Crippen molar-refractivity contribution in [1.29, 1.82) is 0 Å². The van der Waals surface area contributed by atoms with Crippen LogP contribution in [-0.2, 0) is 9.59 Å². The molecule has 8 heteroatoms. The van der Waals surface area contributed by atoms with Crippen LogP contribution in [0.5, 0.6) is 11.5 Å². The molecule has 0 spiro atoms. The smallest absolute Gasteiger partial charge is 0.308 e. The molecule has 1 amide bonds. The highest BCUT2D eigenvalue weighted by atomic mass is 16.5. The first kappa shape index (κ1) is 22.9. The van der Waals surface area contributed by atoms with Gasteiger partial charge in [0.25, 0.3) is 5.91 Å². The Morgan fingerprint density at radius 2 is 1.69 bits per heavy atom. The summed E-state index contributed by atoms with van der Waals surface area (Å²) in [7, 11) is 1.50. The van der Waals surface area contributed by atoms with Crippen molar-refractivity contribution < 1.29 is 33.4 Å². The summed E-state index contributed by atoms with van der Waals surface area (Å²) in [5.41, 5.74) is 1.33. The highest BCUT2D eigenvalue weighted by Gasteiger charge is 2.45.